The third-order valence-electron chi connectivity index (χ3n) is 5.29. The Hall–Kier alpha value is -1.89. The summed E-state index contributed by atoms with van der Waals surface area (Å²) >= 11 is 0. The van der Waals surface area contributed by atoms with Gasteiger partial charge in [-0.1, -0.05) is 18.2 Å². The molecule has 4 rings (SSSR count). The zero-order chi connectivity index (χ0) is 17.4. The smallest absolute Gasteiger partial charge is 0.270 e. The lowest BCUT2D eigenvalue weighted by Gasteiger charge is -2.29. The molecule has 2 aliphatic rings. The molecule has 134 valence electrons. The van der Waals surface area contributed by atoms with Crippen molar-refractivity contribution in [1.82, 2.24) is 14.4 Å². The second kappa shape index (κ2) is 6.78. The van der Waals surface area contributed by atoms with Gasteiger partial charge in [-0.25, -0.2) is 0 Å². The molecule has 0 radical (unpaired) electrons. The summed E-state index contributed by atoms with van der Waals surface area (Å²) < 4.78 is 7.39. The molecule has 1 unspecified atom stereocenters. The highest BCUT2D eigenvalue weighted by atomic mass is 16.5. The summed E-state index contributed by atoms with van der Waals surface area (Å²) in [5.74, 6) is 0.0519. The van der Waals surface area contributed by atoms with Crippen molar-refractivity contribution in [3.8, 4) is 0 Å². The summed E-state index contributed by atoms with van der Waals surface area (Å²) in [7, 11) is 1.84. The summed E-state index contributed by atoms with van der Waals surface area (Å²) in [6.07, 6.45) is 0.350. The van der Waals surface area contributed by atoms with Crippen molar-refractivity contribution in [3.63, 3.8) is 0 Å². The molecule has 1 fully saturated rings. The molecule has 1 saturated heterocycles. The van der Waals surface area contributed by atoms with Crippen LogP contribution in [0.4, 0.5) is 0 Å². The number of rotatable bonds is 4. The maximum absolute atomic E-state index is 12.8. The second-order valence-corrected chi connectivity index (χ2v) is 7.00. The summed E-state index contributed by atoms with van der Waals surface area (Å²) in [5.41, 5.74) is 2.91. The lowest BCUT2D eigenvalue weighted by molar-refractivity contribution is 0.0116. The fourth-order valence-corrected chi connectivity index (χ4v) is 3.97. The maximum Gasteiger partial charge on any atom is 0.270 e. The van der Waals surface area contributed by atoms with Crippen molar-refractivity contribution in [2.24, 2.45) is 0 Å². The van der Waals surface area contributed by atoms with Crippen LogP contribution in [0, 0.1) is 0 Å². The number of amides is 1. The highest BCUT2D eigenvalue weighted by molar-refractivity contribution is 6.02. The van der Waals surface area contributed by atoms with Gasteiger partial charge in [-0.3, -0.25) is 9.69 Å². The molecular weight excluding hydrogens is 318 g/mol. The van der Waals surface area contributed by atoms with Crippen LogP contribution in [0.2, 0.25) is 0 Å². The summed E-state index contributed by atoms with van der Waals surface area (Å²) in [6.45, 7) is 4.93. The first kappa shape index (κ1) is 16.6. The van der Waals surface area contributed by atoms with Gasteiger partial charge in [-0.15, -0.1) is 0 Å². The van der Waals surface area contributed by atoms with E-state index in [4.69, 9.17) is 4.74 Å². The molecule has 1 N–H and O–H groups in total. The summed E-state index contributed by atoms with van der Waals surface area (Å²) in [4.78, 5) is 16.8. The van der Waals surface area contributed by atoms with Gasteiger partial charge in [0.25, 0.3) is 5.91 Å². The van der Waals surface area contributed by atoms with E-state index in [9.17, 15) is 9.90 Å². The highest BCUT2D eigenvalue weighted by Gasteiger charge is 2.29. The van der Waals surface area contributed by atoms with Gasteiger partial charge in [0, 0.05) is 44.1 Å². The minimum atomic E-state index is -0.516. The number of ether oxygens (including phenoxy) is 1. The molecular formula is C19H25N3O3. The van der Waals surface area contributed by atoms with E-state index in [-0.39, 0.29) is 5.91 Å². The first-order valence-electron chi connectivity index (χ1n) is 8.99. The number of hydrogen-bond acceptors (Lipinski definition) is 4. The SMILES string of the molecule is CN1CCc2c(n(CC(O)CN3CCOCC3)c3ccccc23)C1=O. The number of carbonyl (C=O) groups is 1. The van der Waals surface area contributed by atoms with Gasteiger partial charge in [0.15, 0.2) is 0 Å². The first-order chi connectivity index (χ1) is 12.1. The number of β-amino-alcohol motifs (C(OH)–C–C–N with tert-alkyl or cyclic N) is 1. The van der Waals surface area contributed by atoms with Crippen LogP contribution in [0.3, 0.4) is 0 Å². The van der Waals surface area contributed by atoms with Crippen LogP contribution in [0.1, 0.15) is 16.1 Å². The molecule has 2 aromatic rings. The highest BCUT2D eigenvalue weighted by Crippen LogP contribution is 2.30. The van der Waals surface area contributed by atoms with Gasteiger partial charge >= 0.3 is 0 Å². The number of morpholine rings is 1. The molecule has 25 heavy (non-hydrogen) atoms. The van der Waals surface area contributed by atoms with E-state index in [1.54, 1.807) is 4.90 Å². The Kier molecular flexibility index (Phi) is 4.50. The molecule has 0 bridgehead atoms. The Bertz CT molecular complexity index is 780. The van der Waals surface area contributed by atoms with Crippen LogP contribution in [0.25, 0.3) is 10.9 Å². The van der Waals surface area contributed by atoms with Crippen LogP contribution in [-0.4, -0.2) is 77.9 Å². The number of para-hydroxylation sites is 1. The van der Waals surface area contributed by atoms with Gasteiger partial charge in [-0.2, -0.15) is 0 Å². The van der Waals surface area contributed by atoms with Crippen LogP contribution < -0.4 is 0 Å². The zero-order valence-electron chi connectivity index (χ0n) is 14.6. The molecule has 0 saturated carbocycles. The maximum atomic E-state index is 12.8. The number of carbonyl (C=O) groups excluding carboxylic acids is 1. The molecule has 0 aliphatic carbocycles. The molecule has 0 spiro atoms. The van der Waals surface area contributed by atoms with Gasteiger partial charge in [0.2, 0.25) is 0 Å². The molecule has 1 atom stereocenters. The van der Waals surface area contributed by atoms with E-state index < -0.39 is 6.10 Å². The lowest BCUT2D eigenvalue weighted by Crippen LogP contribution is -2.42. The van der Waals surface area contributed by atoms with Crippen molar-refractivity contribution >= 4 is 16.8 Å². The molecule has 1 amide bonds. The molecule has 1 aromatic carbocycles. The van der Waals surface area contributed by atoms with E-state index in [0.717, 1.165) is 61.4 Å². The van der Waals surface area contributed by atoms with Crippen molar-refractivity contribution < 1.29 is 14.6 Å². The van der Waals surface area contributed by atoms with Crippen LogP contribution >= 0.6 is 0 Å². The normalized spacial score (nSPS) is 20.1. The Morgan fingerprint density at radius 2 is 1.92 bits per heavy atom. The Morgan fingerprint density at radius 1 is 1.16 bits per heavy atom. The van der Waals surface area contributed by atoms with Gasteiger partial charge in [0.05, 0.1) is 25.9 Å². The first-order valence-corrected chi connectivity index (χ1v) is 8.99. The number of fused-ring (bicyclic) bond motifs is 3. The number of aliphatic hydroxyl groups excluding tert-OH is 1. The number of benzene rings is 1. The standard InChI is InChI=1S/C19H25N3O3/c1-20-7-6-16-15-4-2-3-5-17(15)22(18(16)19(20)24)13-14(23)12-21-8-10-25-11-9-21/h2-5,14,23H,6-13H2,1H3. The van der Waals surface area contributed by atoms with Crippen molar-refractivity contribution in [2.75, 3.05) is 46.4 Å². The second-order valence-electron chi connectivity index (χ2n) is 7.00. The van der Waals surface area contributed by atoms with E-state index in [1.807, 2.05) is 29.8 Å². The zero-order valence-corrected chi connectivity index (χ0v) is 14.6. The third-order valence-corrected chi connectivity index (χ3v) is 5.29. The summed E-state index contributed by atoms with van der Waals surface area (Å²) in [6, 6.07) is 8.13. The van der Waals surface area contributed by atoms with Crippen molar-refractivity contribution in [2.45, 2.75) is 19.1 Å². The average molecular weight is 343 g/mol. The van der Waals surface area contributed by atoms with Gasteiger partial charge < -0.3 is 19.3 Å². The van der Waals surface area contributed by atoms with E-state index in [1.165, 1.54) is 0 Å². The average Bonchev–Trinajstić information content (AvgIpc) is 2.93. The Labute approximate surface area is 147 Å². The Morgan fingerprint density at radius 3 is 2.72 bits per heavy atom. The fourth-order valence-electron chi connectivity index (χ4n) is 3.97. The molecule has 2 aliphatic heterocycles. The van der Waals surface area contributed by atoms with Crippen molar-refractivity contribution in [3.05, 3.63) is 35.5 Å². The number of likely N-dealkylation sites (N-methyl/N-ethyl adjacent to an activating group) is 1. The molecule has 1 aromatic heterocycles. The van der Waals surface area contributed by atoms with E-state index in [2.05, 4.69) is 11.0 Å². The van der Waals surface area contributed by atoms with Crippen molar-refractivity contribution in [1.29, 1.82) is 0 Å². The largest absolute Gasteiger partial charge is 0.390 e. The predicted octanol–water partition coefficient (Wildman–Crippen LogP) is 0.963. The minimum Gasteiger partial charge on any atom is -0.390 e. The quantitative estimate of drug-likeness (QED) is 0.899. The van der Waals surface area contributed by atoms with Gasteiger partial charge in [-0.05, 0) is 18.1 Å². The molecule has 6 nitrogen and oxygen atoms in total. The van der Waals surface area contributed by atoms with E-state index in [0.29, 0.717) is 13.1 Å². The molecule has 3 heterocycles. The molecule has 6 heteroatoms. The number of nitrogens with zero attached hydrogens (tertiary/aromatic N) is 3. The minimum absolute atomic E-state index is 0.0519. The number of hydrogen-bond donors (Lipinski definition) is 1. The lowest BCUT2D eigenvalue weighted by atomic mass is 10.0. The van der Waals surface area contributed by atoms with Crippen LogP contribution in [0.15, 0.2) is 24.3 Å². The summed E-state index contributed by atoms with van der Waals surface area (Å²) in [5, 5.41) is 11.8. The van der Waals surface area contributed by atoms with E-state index >= 15 is 0 Å². The van der Waals surface area contributed by atoms with Gasteiger partial charge in [0.1, 0.15) is 5.69 Å². The van der Waals surface area contributed by atoms with Crippen LogP contribution in [-0.2, 0) is 17.7 Å². The predicted molar refractivity (Wildman–Crippen MR) is 95.9 cm³/mol. The number of aromatic nitrogens is 1. The topological polar surface area (TPSA) is 57.9 Å². The Balaban J connectivity index is 1.65. The number of aliphatic hydroxyl groups is 1. The monoisotopic (exact) mass is 343 g/mol. The third kappa shape index (κ3) is 3.05. The van der Waals surface area contributed by atoms with Crippen LogP contribution in [0.5, 0.6) is 0 Å². The fraction of sp³-hybridized carbons (Fsp3) is 0.526.